The fraction of sp³-hybridized carbons (Fsp3) is 0.409. The minimum absolute atomic E-state index is 0.151. The van der Waals surface area contributed by atoms with Crippen LogP contribution in [0, 0.1) is 20.8 Å². The highest BCUT2D eigenvalue weighted by Crippen LogP contribution is 2.26. The lowest BCUT2D eigenvalue weighted by Crippen LogP contribution is -2.08. The van der Waals surface area contributed by atoms with E-state index in [1.165, 1.54) is 19.3 Å². The minimum Gasteiger partial charge on any atom is -0.494 e. The Morgan fingerprint density at radius 3 is 2.32 bits per heavy atom. The second kappa shape index (κ2) is 9.73. The molecule has 0 aliphatic rings. The maximum absolute atomic E-state index is 12.7. The Bertz CT molecular complexity index is 702. The van der Waals surface area contributed by atoms with E-state index in [9.17, 15) is 4.79 Å². The van der Waals surface area contributed by atoms with Gasteiger partial charge in [0.1, 0.15) is 5.75 Å². The molecule has 2 nitrogen and oxygen atoms in total. The van der Waals surface area contributed by atoms with Crippen LogP contribution in [0.1, 0.15) is 59.7 Å². The molecule has 0 aromatic heterocycles. The molecule has 0 aliphatic carbocycles. The number of rotatable bonds is 9. The molecule has 1 atom stereocenters. The van der Waals surface area contributed by atoms with Crippen LogP contribution in [0.4, 0.5) is 0 Å². The lowest BCUT2D eigenvalue weighted by molar-refractivity contribution is 0.108. The maximum atomic E-state index is 12.7. The maximum Gasteiger partial charge on any atom is 0.186 e. The van der Waals surface area contributed by atoms with Crippen LogP contribution < -0.4 is 10.0 Å². The highest BCUT2D eigenvalue weighted by molar-refractivity contribution is 7.66. The van der Waals surface area contributed by atoms with Gasteiger partial charge in [0.05, 0.1) is 6.61 Å². The van der Waals surface area contributed by atoms with Crippen LogP contribution in [0.3, 0.4) is 0 Å². The van der Waals surface area contributed by atoms with Gasteiger partial charge in [0, 0.05) is 5.56 Å². The molecule has 1 unspecified atom stereocenters. The molecule has 0 saturated heterocycles. The lowest BCUT2D eigenvalue weighted by atomic mass is 10.0. The summed E-state index contributed by atoms with van der Waals surface area (Å²) < 4.78 is 5.83. The summed E-state index contributed by atoms with van der Waals surface area (Å²) in [6.45, 7) is 9.05. The van der Waals surface area contributed by atoms with Crippen molar-refractivity contribution in [1.29, 1.82) is 0 Å². The zero-order valence-electron chi connectivity index (χ0n) is 15.8. The molecule has 2 aromatic carbocycles. The van der Waals surface area contributed by atoms with E-state index in [0.717, 1.165) is 46.3 Å². The Morgan fingerprint density at radius 1 is 0.960 bits per heavy atom. The zero-order chi connectivity index (χ0) is 18.2. The van der Waals surface area contributed by atoms with Crippen molar-refractivity contribution in [1.82, 2.24) is 0 Å². The quantitative estimate of drug-likeness (QED) is 0.424. The smallest absolute Gasteiger partial charge is 0.186 e. The lowest BCUT2D eigenvalue weighted by Gasteiger charge is -2.12. The first kappa shape index (κ1) is 19.7. The zero-order valence-corrected chi connectivity index (χ0v) is 16.8. The van der Waals surface area contributed by atoms with E-state index in [0.29, 0.717) is 0 Å². The summed E-state index contributed by atoms with van der Waals surface area (Å²) in [5.74, 6) is 0.905. The molecule has 0 heterocycles. The van der Waals surface area contributed by atoms with Crippen molar-refractivity contribution in [3.05, 3.63) is 58.7 Å². The second-order valence-corrected chi connectivity index (χ2v) is 7.85. The van der Waals surface area contributed by atoms with Crippen LogP contribution in [-0.4, -0.2) is 12.1 Å². The van der Waals surface area contributed by atoms with Gasteiger partial charge in [-0.05, 0) is 69.9 Å². The summed E-state index contributed by atoms with van der Waals surface area (Å²) in [7, 11) is 0.151. The van der Waals surface area contributed by atoms with Crippen molar-refractivity contribution in [2.75, 3.05) is 6.61 Å². The van der Waals surface area contributed by atoms with E-state index in [4.69, 9.17) is 4.74 Å². The molecular weight excluding hydrogens is 327 g/mol. The van der Waals surface area contributed by atoms with Gasteiger partial charge in [-0.15, -0.1) is 0 Å². The van der Waals surface area contributed by atoms with Crippen LogP contribution >= 0.6 is 8.58 Å². The first-order valence-electron chi connectivity index (χ1n) is 9.14. The average molecular weight is 356 g/mol. The van der Waals surface area contributed by atoms with E-state index >= 15 is 0 Å². The van der Waals surface area contributed by atoms with Gasteiger partial charge in [-0.1, -0.05) is 50.5 Å². The van der Waals surface area contributed by atoms with Crippen molar-refractivity contribution in [2.24, 2.45) is 0 Å². The molecule has 3 heteroatoms. The number of hydrogen-bond acceptors (Lipinski definition) is 2. The Balaban J connectivity index is 2.00. The topological polar surface area (TPSA) is 26.3 Å². The molecule has 134 valence electrons. The Kier molecular flexibility index (Phi) is 7.65. The van der Waals surface area contributed by atoms with E-state index < -0.39 is 0 Å². The molecule has 0 amide bonds. The third kappa shape index (κ3) is 5.68. The highest BCUT2D eigenvalue weighted by atomic mass is 31.1. The normalized spacial score (nSPS) is 11.2. The Morgan fingerprint density at radius 2 is 1.68 bits per heavy atom. The molecule has 0 saturated carbocycles. The summed E-state index contributed by atoms with van der Waals surface area (Å²) >= 11 is 0. The van der Waals surface area contributed by atoms with Gasteiger partial charge in [0.25, 0.3) is 0 Å². The van der Waals surface area contributed by atoms with Gasteiger partial charge in [-0.25, -0.2) is 0 Å². The molecule has 2 aromatic rings. The van der Waals surface area contributed by atoms with E-state index in [-0.39, 0.29) is 14.1 Å². The Labute approximate surface area is 153 Å². The highest BCUT2D eigenvalue weighted by Gasteiger charge is 2.14. The van der Waals surface area contributed by atoms with Crippen LogP contribution in [0.5, 0.6) is 5.75 Å². The van der Waals surface area contributed by atoms with Crippen LogP contribution in [0.2, 0.25) is 0 Å². The Hall–Kier alpha value is -1.66. The van der Waals surface area contributed by atoms with Crippen LogP contribution in [0.15, 0.2) is 36.4 Å². The predicted molar refractivity (Wildman–Crippen MR) is 109 cm³/mol. The van der Waals surface area contributed by atoms with Crippen LogP contribution in [-0.2, 0) is 0 Å². The average Bonchev–Trinajstić information content (AvgIpc) is 2.57. The van der Waals surface area contributed by atoms with Crippen molar-refractivity contribution in [2.45, 2.75) is 53.4 Å². The van der Waals surface area contributed by atoms with Gasteiger partial charge in [0.15, 0.2) is 5.52 Å². The van der Waals surface area contributed by atoms with Crippen molar-refractivity contribution in [3.8, 4) is 5.75 Å². The van der Waals surface area contributed by atoms with Gasteiger partial charge in [-0.2, -0.15) is 0 Å². The third-order valence-corrected chi connectivity index (χ3v) is 5.73. The number of carbonyl (C=O) groups excluding carboxylic acids is 1. The SMILES string of the molecule is CCCCCCOc1ccc(PC(=O)c2c(C)cccc2C)c(C)c1. The van der Waals surface area contributed by atoms with E-state index in [2.05, 4.69) is 19.9 Å². The molecule has 0 bridgehead atoms. The van der Waals surface area contributed by atoms with E-state index in [1.54, 1.807) is 0 Å². The number of carbonyl (C=O) groups is 1. The first-order valence-corrected chi connectivity index (χ1v) is 10.1. The summed E-state index contributed by atoms with van der Waals surface area (Å²) in [6.07, 6.45) is 4.83. The molecule has 25 heavy (non-hydrogen) atoms. The number of hydrogen-bond donors (Lipinski definition) is 0. The van der Waals surface area contributed by atoms with Crippen molar-refractivity contribution in [3.63, 3.8) is 0 Å². The first-order chi connectivity index (χ1) is 12.0. The van der Waals surface area contributed by atoms with E-state index in [1.807, 2.05) is 44.2 Å². The van der Waals surface area contributed by atoms with Crippen molar-refractivity contribution >= 4 is 19.4 Å². The summed E-state index contributed by atoms with van der Waals surface area (Å²) in [6, 6.07) is 12.1. The summed E-state index contributed by atoms with van der Waals surface area (Å²) in [5, 5.41) is 1.10. The van der Waals surface area contributed by atoms with Gasteiger partial charge in [-0.3, -0.25) is 4.79 Å². The molecule has 0 N–H and O–H groups in total. The molecule has 0 aliphatic heterocycles. The number of ether oxygens (including phenoxy) is 1. The minimum atomic E-state index is 0.151. The molecule has 0 spiro atoms. The molecular formula is C22H29O2P. The summed E-state index contributed by atoms with van der Waals surface area (Å²) in [4.78, 5) is 12.7. The van der Waals surface area contributed by atoms with Gasteiger partial charge in [0.2, 0.25) is 0 Å². The number of benzene rings is 2. The fourth-order valence-electron chi connectivity index (χ4n) is 2.94. The molecule has 2 rings (SSSR count). The molecule has 0 fully saturated rings. The standard InChI is InChI=1S/C22H29O2P/c1-5-6-7-8-14-24-19-12-13-20(18(4)15-19)25-22(23)21-16(2)10-9-11-17(21)3/h9-13,15,25H,5-8,14H2,1-4H3. The van der Waals surface area contributed by atoms with Crippen LogP contribution in [0.25, 0.3) is 0 Å². The summed E-state index contributed by atoms with van der Waals surface area (Å²) in [5.41, 5.74) is 4.33. The van der Waals surface area contributed by atoms with Gasteiger partial charge >= 0.3 is 0 Å². The number of aryl methyl sites for hydroxylation is 3. The fourth-order valence-corrected chi connectivity index (χ4v) is 4.14. The van der Waals surface area contributed by atoms with Gasteiger partial charge < -0.3 is 4.74 Å². The monoisotopic (exact) mass is 356 g/mol. The number of unbranched alkanes of at least 4 members (excludes halogenated alkanes) is 3. The molecule has 0 radical (unpaired) electrons. The second-order valence-electron chi connectivity index (χ2n) is 6.61. The third-order valence-electron chi connectivity index (χ3n) is 4.42. The van der Waals surface area contributed by atoms with Crippen molar-refractivity contribution < 1.29 is 9.53 Å². The predicted octanol–water partition coefficient (Wildman–Crippen LogP) is 5.72. The largest absolute Gasteiger partial charge is 0.494 e.